The molecule has 38 heavy (non-hydrogen) atoms. The van der Waals surface area contributed by atoms with Crippen LogP contribution in [0, 0.1) is 11.8 Å². The lowest BCUT2D eigenvalue weighted by Crippen LogP contribution is -2.49. The molecule has 2 atom stereocenters. The van der Waals surface area contributed by atoms with Gasteiger partial charge < -0.3 is 14.7 Å². The minimum absolute atomic E-state index is 0.0570. The summed E-state index contributed by atoms with van der Waals surface area (Å²) in [5, 5.41) is 9.03. The zero-order valence-electron chi connectivity index (χ0n) is 21.6. The molecule has 0 bridgehead atoms. The second-order valence-corrected chi connectivity index (χ2v) is 12.7. The van der Waals surface area contributed by atoms with E-state index in [0.717, 1.165) is 19.4 Å². The molecule has 5 rings (SSSR count). The van der Waals surface area contributed by atoms with Crippen molar-refractivity contribution in [2.24, 2.45) is 11.8 Å². The number of aromatic carboxylic acids is 1. The zero-order valence-corrected chi connectivity index (χ0v) is 22.4. The molecule has 1 saturated carbocycles. The Bertz CT molecular complexity index is 1230. The second kappa shape index (κ2) is 11.5. The van der Waals surface area contributed by atoms with Crippen molar-refractivity contribution in [1.29, 1.82) is 0 Å². The summed E-state index contributed by atoms with van der Waals surface area (Å²) in [5.41, 5.74) is 0.764. The van der Waals surface area contributed by atoms with Gasteiger partial charge in [-0.3, -0.25) is 4.79 Å². The van der Waals surface area contributed by atoms with Crippen LogP contribution in [0.1, 0.15) is 72.1 Å². The molecule has 2 aliphatic heterocycles. The van der Waals surface area contributed by atoms with E-state index in [0.29, 0.717) is 55.8 Å². The molecule has 1 aliphatic carbocycles. The first kappa shape index (κ1) is 26.7. The van der Waals surface area contributed by atoms with E-state index in [9.17, 15) is 18.0 Å². The molecule has 204 valence electrons. The first-order chi connectivity index (χ1) is 18.3. The summed E-state index contributed by atoms with van der Waals surface area (Å²) in [6.07, 6.45) is 8.55. The lowest BCUT2D eigenvalue weighted by Gasteiger charge is -2.44. The molecule has 2 aromatic rings. The molecule has 2 aromatic carbocycles. The van der Waals surface area contributed by atoms with Gasteiger partial charge in [0.05, 0.1) is 17.1 Å². The fraction of sp³-hybridized carbons (Fsp3) is 0.517. The molecule has 0 radical (unpaired) electrons. The third-order valence-electron chi connectivity index (χ3n) is 8.40. The van der Waals surface area contributed by atoms with Crippen LogP contribution in [0.2, 0.25) is 0 Å². The van der Waals surface area contributed by atoms with Gasteiger partial charge in [-0.05, 0) is 98.9 Å². The molecule has 3 fully saturated rings. The smallest absolute Gasteiger partial charge is 0.335 e. The van der Waals surface area contributed by atoms with Crippen molar-refractivity contribution in [1.82, 2.24) is 9.21 Å². The Morgan fingerprint density at radius 3 is 2.13 bits per heavy atom. The fourth-order valence-electron chi connectivity index (χ4n) is 6.19. The van der Waals surface area contributed by atoms with E-state index < -0.39 is 16.0 Å². The van der Waals surface area contributed by atoms with Crippen LogP contribution in [-0.2, 0) is 10.0 Å². The van der Waals surface area contributed by atoms with Crippen molar-refractivity contribution in [3.05, 3.63) is 59.7 Å². The molecule has 2 unspecified atom stereocenters. The number of likely N-dealkylation sites (tertiary alicyclic amines) is 1. The van der Waals surface area contributed by atoms with Crippen LogP contribution >= 0.6 is 0 Å². The largest absolute Gasteiger partial charge is 0.493 e. The zero-order chi connectivity index (χ0) is 26.7. The van der Waals surface area contributed by atoms with Crippen LogP contribution < -0.4 is 4.74 Å². The number of carbonyl (C=O) groups excluding carboxylic acids is 1. The van der Waals surface area contributed by atoms with Gasteiger partial charge >= 0.3 is 5.97 Å². The highest BCUT2D eigenvalue weighted by molar-refractivity contribution is 7.89. The summed E-state index contributed by atoms with van der Waals surface area (Å²) < 4.78 is 33.4. The first-order valence-electron chi connectivity index (χ1n) is 13.7. The molecule has 0 spiro atoms. The number of hydrogen-bond donors (Lipinski definition) is 1. The monoisotopic (exact) mass is 540 g/mol. The Morgan fingerprint density at radius 1 is 0.816 bits per heavy atom. The summed E-state index contributed by atoms with van der Waals surface area (Å²) in [7, 11) is -3.66. The number of rotatable bonds is 7. The Labute approximate surface area is 224 Å². The number of carboxylic acids is 1. The SMILES string of the molecule is O=C(O)c1ccc(S(=O)(=O)N2CCC(COc3ccc(C(=O)N4CCCC5CCCCC54)cc3)CC2)cc1. The molecule has 2 saturated heterocycles. The molecule has 1 N–H and O–H groups in total. The molecule has 1 amide bonds. The van der Waals surface area contributed by atoms with Crippen molar-refractivity contribution < 1.29 is 27.9 Å². The number of hydrogen-bond acceptors (Lipinski definition) is 5. The lowest BCUT2D eigenvalue weighted by atomic mass is 9.78. The Morgan fingerprint density at radius 2 is 1.45 bits per heavy atom. The van der Waals surface area contributed by atoms with Gasteiger partial charge in [-0.2, -0.15) is 4.31 Å². The predicted octanol–water partition coefficient (Wildman–Crippen LogP) is 4.66. The summed E-state index contributed by atoms with van der Waals surface area (Å²) in [6, 6.07) is 13.1. The maximum absolute atomic E-state index is 13.2. The Kier molecular flexibility index (Phi) is 8.04. The van der Waals surface area contributed by atoms with Crippen LogP contribution in [0.15, 0.2) is 53.4 Å². The van der Waals surface area contributed by atoms with E-state index in [1.54, 1.807) is 0 Å². The maximum atomic E-state index is 13.2. The summed E-state index contributed by atoms with van der Waals surface area (Å²) >= 11 is 0. The summed E-state index contributed by atoms with van der Waals surface area (Å²) in [6.45, 7) is 2.12. The van der Waals surface area contributed by atoms with Gasteiger partial charge in [0.15, 0.2) is 0 Å². The molecular weight excluding hydrogens is 504 g/mol. The van der Waals surface area contributed by atoms with Gasteiger partial charge in [0.25, 0.3) is 5.91 Å². The Balaban J connectivity index is 1.11. The Hall–Kier alpha value is -2.91. The van der Waals surface area contributed by atoms with Crippen LogP contribution in [0.4, 0.5) is 0 Å². The van der Waals surface area contributed by atoms with E-state index in [2.05, 4.69) is 4.90 Å². The molecule has 9 heteroatoms. The topological polar surface area (TPSA) is 104 Å². The summed E-state index contributed by atoms with van der Waals surface area (Å²) in [5.74, 6) is 0.635. The van der Waals surface area contributed by atoms with Crippen molar-refractivity contribution >= 4 is 21.9 Å². The number of amides is 1. The van der Waals surface area contributed by atoms with Crippen molar-refractivity contribution in [3.8, 4) is 5.75 Å². The van der Waals surface area contributed by atoms with Crippen molar-refractivity contribution in [2.75, 3.05) is 26.2 Å². The van der Waals surface area contributed by atoms with Gasteiger partial charge in [-0.1, -0.05) is 12.8 Å². The average molecular weight is 541 g/mol. The van der Waals surface area contributed by atoms with Crippen LogP contribution in [0.5, 0.6) is 5.75 Å². The minimum Gasteiger partial charge on any atom is -0.493 e. The normalized spacial score (nSPS) is 23.0. The summed E-state index contributed by atoms with van der Waals surface area (Å²) in [4.78, 5) is 26.5. The number of carboxylic acid groups (broad SMARTS) is 1. The average Bonchev–Trinajstić information content (AvgIpc) is 2.96. The molecule has 2 heterocycles. The standard InChI is InChI=1S/C29H36N2O6S/c32-28(31-17-3-5-22-4-1-2-6-27(22)31)23-7-11-25(12-8-23)37-20-21-15-18-30(19-16-21)38(35,36)26-13-9-24(10-14-26)29(33)34/h7-14,21-22,27H,1-6,15-20H2,(H,33,34). The number of fused-ring (bicyclic) bond motifs is 1. The highest BCUT2D eigenvalue weighted by atomic mass is 32.2. The number of sulfonamides is 1. The van der Waals surface area contributed by atoms with Gasteiger partial charge in [-0.25, -0.2) is 13.2 Å². The van der Waals surface area contributed by atoms with E-state index in [-0.39, 0.29) is 22.3 Å². The fourth-order valence-corrected chi connectivity index (χ4v) is 7.66. The van der Waals surface area contributed by atoms with E-state index >= 15 is 0 Å². The lowest BCUT2D eigenvalue weighted by molar-refractivity contribution is 0.0390. The van der Waals surface area contributed by atoms with E-state index in [4.69, 9.17) is 9.84 Å². The predicted molar refractivity (Wildman–Crippen MR) is 143 cm³/mol. The molecule has 3 aliphatic rings. The van der Waals surface area contributed by atoms with Crippen molar-refractivity contribution in [2.45, 2.75) is 62.3 Å². The van der Waals surface area contributed by atoms with Crippen LogP contribution in [0.3, 0.4) is 0 Å². The second-order valence-electron chi connectivity index (χ2n) is 10.8. The number of nitrogens with zero attached hydrogens (tertiary/aromatic N) is 2. The first-order valence-corrected chi connectivity index (χ1v) is 15.1. The van der Waals surface area contributed by atoms with Crippen molar-refractivity contribution in [3.63, 3.8) is 0 Å². The van der Waals surface area contributed by atoms with Gasteiger partial charge in [0.1, 0.15) is 5.75 Å². The van der Waals surface area contributed by atoms with Gasteiger partial charge in [-0.15, -0.1) is 0 Å². The van der Waals surface area contributed by atoms with Crippen LogP contribution in [-0.4, -0.2) is 66.9 Å². The van der Waals surface area contributed by atoms with Gasteiger partial charge in [0, 0.05) is 31.2 Å². The molecule has 0 aromatic heterocycles. The third kappa shape index (κ3) is 5.73. The third-order valence-corrected chi connectivity index (χ3v) is 10.3. The highest BCUT2D eigenvalue weighted by Crippen LogP contribution is 2.36. The van der Waals surface area contributed by atoms with Gasteiger partial charge in [0.2, 0.25) is 10.0 Å². The minimum atomic E-state index is -3.66. The highest BCUT2D eigenvalue weighted by Gasteiger charge is 2.36. The van der Waals surface area contributed by atoms with Crippen LogP contribution in [0.25, 0.3) is 0 Å². The number of benzene rings is 2. The van der Waals surface area contributed by atoms with E-state index in [1.807, 2.05) is 24.3 Å². The number of ether oxygens (including phenoxy) is 1. The number of piperidine rings is 2. The maximum Gasteiger partial charge on any atom is 0.335 e. The quantitative estimate of drug-likeness (QED) is 0.548. The molecular formula is C29H36N2O6S. The number of carbonyl (C=O) groups is 2. The molecule has 8 nitrogen and oxygen atoms in total. The van der Waals surface area contributed by atoms with E-state index in [1.165, 1.54) is 54.3 Å².